The van der Waals surface area contributed by atoms with Crippen molar-refractivity contribution in [1.29, 1.82) is 0 Å². The first-order valence-electron chi connectivity index (χ1n) is 6.61. The Balaban J connectivity index is 1.58. The maximum absolute atomic E-state index is 3.58. The van der Waals surface area contributed by atoms with E-state index in [1.54, 1.807) is 0 Å². The molecule has 1 aliphatic rings. The van der Waals surface area contributed by atoms with Gasteiger partial charge >= 0.3 is 0 Å². The third-order valence-corrected chi connectivity index (χ3v) is 3.85. The number of benzene rings is 1. The molecular formula is C15H23N. The molecule has 0 bridgehead atoms. The minimum atomic E-state index is 0.865. The van der Waals surface area contributed by atoms with Gasteiger partial charge in [0.25, 0.3) is 0 Å². The molecule has 1 saturated carbocycles. The quantitative estimate of drug-likeness (QED) is 0.721. The van der Waals surface area contributed by atoms with E-state index in [9.17, 15) is 0 Å². The Morgan fingerprint density at radius 2 is 2.00 bits per heavy atom. The molecule has 16 heavy (non-hydrogen) atoms. The van der Waals surface area contributed by atoms with Gasteiger partial charge < -0.3 is 5.32 Å². The maximum Gasteiger partial charge on any atom is -0.000824 e. The summed E-state index contributed by atoms with van der Waals surface area (Å²) in [5.74, 6) is 1.87. The Morgan fingerprint density at radius 1 is 1.25 bits per heavy atom. The van der Waals surface area contributed by atoms with Crippen LogP contribution in [0.3, 0.4) is 0 Å². The molecule has 1 fully saturated rings. The van der Waals surface area contributed by atoms with Crippen molar-refractivity contribution in [2.45, 2.75) is 32.6 Å². The van der Waals surface area contributed by atoms with E-state index >= 15 is 0 Å². The van der Waals surface area contributed by atoms with Gasteiger partial charge in [0.2, 0.25) is 0 Å². The summed E-state index contributed by atoms with van der Waals surface area (Å²) in [4.78, 5) is 0. The Kier molecular flexibility index (Phi) is 4.41. The number of hydrogen-bond acceptors (Lipinski definition) is 1. The number of nitrogens with one attached hydrogen (secondary N) is 1. The fraction of sp³-hybridized carbons (Fsp3) is 0.600. The van der Waals surface area contributed by atoms with Gasteiger partial charge in [0.15, 0.2) is 0 Å². The van der Waals surface area contributed by atoms with Gasteiger partial charge in [-0.3, -0.25) is 0 Å². The molecule has 1 aliphatic carbocycles. The number of rotatable bonds is 6. The normalized spacial score (nSPS) is 18.1. The highest BCUT2D eigenvalue weighted by atomic mass is 14.9. The lowest BCUT2D eigenvalue weighted by molar-refractivity contribution is 0.216. The third kappa shape index (κ3) is 3.34. The van der Waals surface area contributed by atoms with Gasteiger partial charge in [-0.25, -0.2) is 0 Å². The van der Waals surface area contributed by atoms with Crippen LogP contribution in [0.1, 0.15) is 31.7 Å². The molecular weight excluding hydrogens is 194 g/mol. The van der Waals surface area contributed by atoms with Crippen molar-refractivity contribution in [3.05, 3.63) is 35.9 Å². The van der Waals surface area contributed by atoms with Crippen LogP contribution >= 0.6 is 0 Å². The van der Waals surface area contributed by atoms with Crippen molar-refractivity contribution in [1.82, 2.24) is 5.32 Å². The maximum atomic E-state index is 3.58. The molecule has 0 saturated heterocycles. The Bertz CT molecular complexity index is 290. The predicted molar refractivity (Wildman–Crippen MR) is 69.5 cm³/mol. The van der Waals surface area contributed by atoms with Gasteiger partial charge in [-0.2, -0.15) is 0 Å². The second-order valence-corrected chi connectivity index (χ2v) is 5.11. The first-order chi connectivity index (χ1) is 7.86. The van der Waals surface area contributed by atoms with Crippen molar-refractivity contribution in [2.75, 3.05) is 13.1 Å². The van der Waals surface area contributed by atoms with Crippen molar-refractivity contribution in [3.63, 3.8) is 0 Å². The van der Waals surface area contributed by atoms with E-state index in [1.165, 1.54) is 31.4 Å². The van der Waals surface area contributed by atoms with Crippen LogP contribution in [0.4, 0.5) is 0 Å². The van der Waals surface area contributed by atoms with Crippen molar-refractivity contribution in [2.24, 2.45) is 11.8 Å². The van der Waals surface area contributed by atoms with Gasteiger partial charge in [0, 0.05) is 0 Å². The summed E-state index contributed by atoms with van der Waals surface area (Å²) in [6, 6.07) is 10.7. The SMILES string of the molecule is CC(CNCCc1ccccc1)C1CCC1. The van der Waals surface area contributed by atoms with Gasteiger partial charge in [-0.15, -0.1) is 0 Å². The zero-order valence-electron chi connectivity index (χ0n) is 10.3. The predicted octanol–water partition coefficient (Wildman–Crippen LogP) is 3.25. The average Bonchev–Trinajstić information content (AvgIpc) is 2.23. The number of hydrogen-bond donors (Lipinski definition) is 1. The lowest BCUT2D eigenvalue weighted by Gasteiger charge is -2.31. The van der Waals surface area contributed by atoms with Crippen LogP contribution < -0.4 is 5.32 Å². The van der Waals surface area contributed by atoms with Crippen LogP contribution in [-0.2, 0) is 6.42 Å². The van der Waals surface area contributed by atoms with Gasteiger partial charge in [-0.1, -0.05) is 56.5 Å². The Labute approximate surface area is 99.3 Å². The van der Waals surface area contributed by atoms with Gasteiger partial charge in [-0.05, 0) is 36.9 Å². The average molecular weight is 217 g/mol. The Hall–Kier alpha value is -0.820. The van der Waals surface area contributed by atoms with Gasteiger partial charge in [0.05, 0.1) is 0 Å². The van der Waals surface area contributed by atoms with E-state index < -0.39 is 0 Å². The Morgan fingerprint density at radius 3 is 2.62 bits per heavy atom. The van der Waals surface area contributed by atoms with E-state index in [-0.39, 0.29) is 0 Å². The minimum Gasteiger partial charge on any atom is -0.316 e. The van der Waals surface area contributed by atoms with Crippen LogP contribution in [0, 0.1) is 11.8 Å². The summed E-state index contributed by atoms with van der Waals surface area (Å²) >= 11 is 0. The summed E-state index contributed by atoms with van der Waals surface area (Å²) in [7, 11) is 0. The van der Waals surface area contributed by atoms with E-state index in [4.69, 9.17) is 0 Å². The van der Waals surface area contributed by atoms with Crippen LogP contribution in [0.5, 0.6) is 0 Å². The van der Waals surface area contributed by atoms with E-state index in [0.29, 0.717) is 0 Å². The molecule has 0 heterocycles. The summed E-state index contributed by atoms with van der Waals surface area (Å²) in [5, 5.41) is 3.58. The lowest BCUT2D eigenvalue weighted by atomic mass is 9.77. The zero-order chi connectivity index (χ0) is 11.2. The molecule has 0 amide bonds. The summed E-state index contributed by atoms with van der Waals surface area (Å²) in [6.45, 7) is 4.69. The second-order valence-electron chi connectivity index (χ2n) is 5.11. The van der Waals surface area contributed by atoms with Crippen LogP contribution in [0.15, 0.2) is 30.3 Å². The summed E-state index contributed by atoms with van der Waals surface area (Å²) in [5.41, 5.74) is 1.44. The molecule has 1 heteroatoms. The smallest absolute Gasteiger partial charge is 0.000824 e. The molecule has 1 aromatic rings. The molecule has 2 rings (SSSR count). The lowest BCUT2D eigenvalue weighted by Crippen LogP contribution is -2.30. The van der Waals surface area contributed by atoms with Crippen molar-refractivity contribution < 1.29 is 0 Å². The van der Waals surface area contributed by atoms with Gasteiger partial charge in [0.1, 0.15) is 0 Å². The summed E-state index contributed by atoms with van der Waals surface area (Å²) < 4.78 is 0. The molecule has 1 N–H and O–H groups in total. The highest BCUT2D eigenvalue weighted by molar-refractivity contribution is 5.14. The van der Waals surface area contributed by atoms with Crippen LogP contribution in [0.25, 0.3) is 0 Å². The molecule has 88 valence electrons. The molecule has 1 aromatic carbocycles. The molecule has 0 aromatic heterocycles. The fourth-order valence-corrected chi connectivity index (χ4v) is 2.38. The van der Waals surface area contributed by atoms with E-state index in [2.05, 4.69) is 42.6 Å². The molecule has 1 unspecified atom stereocenters. The van der Waals surface area contributed by atoms with Crippen LogP contribution in [0.2, 0.25) is 0 Å². The molecule has 0 aliphatic heterocycles. The molecule has 1 nitrogen and oxygen atoms in total. The first kappa shape index (κ1) is 11.7. The standard InChI is InChI=1S/C15H23N/c1-13(15-8-5-9-15)12-16-11-10-14-6-3-2-4-7-14/h2-4,6-7,13,15-16H,5,8-12H2,1H3. The largest absolute Gasteiger partial charge is 0.316 e. The first-order valence-corrected chi connectivity index (χ1v) is 6.61. The topological polar surface area (TPSA) is 12.0 Å². The zero-order valence-corrected chi connectivity index (χ0v) is 10.3. The van der Waals surface area contributed by atoms with E-state index in [0.717, 1.165) is 24.8 Å². The van der Waals surface area contributed by atoms with E-state index in [1.807, 2.05) is 0 Å². The van der Waals surface area contributed by atoms with Crippen LogP contribution in [-0.4, -0.2) is 13.1 Å². The fourth-order valence-electron chi connectivity index (χ4n) is 2.38. The minimum absolute atomic E-state index is 0.865. The summed E-state index contributed by atoms with van der Waals surface area (Å²) in [6.07, 6.45) is 5.53. The highest BCUT2D eigenvalue weighted by Gasteiger charge is 2.22. The van der Waals surface area contributed by atoms with Crippen molar-refractivity contribution in [3.8, 4) is 0 Å². The monoisotopic (exact) mass is 217 g/mol. The second kappa shape index (κ2) is 6.05. The highest BCUT2D eigenvalue weighted by Crippen LogP contribution is 2.32. The molecule has 1 atom stereocenters. The third-order valence-electron chi connectivity index (χ3n) is 3.85. The molecule has 0 spiro atoms. The molecule has 0 radical (unpaired) electrons. The van der Waals surface area contributed by atoms with Crippen molar-refractivity contribution >= 4 is 0 Å².